The molecule has 0 amide bonds. The highest BCUT2D eigenvalue weighted by Gasteiger charge is 2.11. The summed E-state index contributed by atoms with van der Waals surface area (Å²) in [5, 5.41) is 5.87. The quantitative estimate of drug-likeness (QED) is 0.561. The van der Waals surface area contributed by atoms with Crippen molar-refractivity contribution in [3.05, 3.63) is 59.7 Å². The summed E-state index contributed by atoms with van der Waals surface area (Å²) < 4.78 is 1.24. The summed E-state index contributed by atoms with van der Waals surface area (Å²) in [6.45, 7) is 2.15. The lowest BCUT2D eigenvalue weighted by Crippen LogP contribution is -2.05. The monoisotopic (exact) mass is 293 g/mol. The number of aromatic nitrogens is 2. The number of nitrogens with one attached hydrogen (secondary N) is 2. The molecule has 21 heavy (non-hydrogen) atoms. The fourth-order valence-electron chi connectivity index (χ4n) is 2.53. The van der Waals surface area contributed by atoms with Crippen LogP contribution in [0.4, 0.5) is 5.69 Å². The maximum Gasteiger partial charge on any atom is 0.116 e. The molecule has 4 rings (SSSR count). The Morgan fingerprint density at radius 3 is 2.95 bits per heavy atom. The van der Waals surface area contributed by atoms with Gasteiger partial charge < -0.3 is 10.3 Å². The van der Waals surface area contributed by atoms with E-state index in [2.05, 4.69) is 59.7 Å². The summed E-state index contributed by atoms with van der Waals surface area (Å²) >= 11 is 1.75. The molecule has 0 bridgehead atoms. The Morgan fingerprint density at radius 2 is 2.05 bits per heavy atom. The molecule has 2 N–H and O–H groups in total. The summed E-state index contributed by atoms with van der Waals surface area (Å²) in [5.41, 5.74) is 3.36. The average molecular weight is 293 g/mol. The van der Waals surface area contributed by atoms with E-state index >= 15 is 0 Å². The molecule has 1 atom stereocenters. The van der Waals surface area contributed by atoms with Crippen molar-refractivity contribution in [2.45, 2.75) is 13.0 Å². The number of hydrogen-bond acceptors (Lipinski definition) is 3. The molecule has 0 saturated carbocycles. The topological polar surface area (TPSA) is 40.7 Å². The average Bonchev–Trinajstić information content (AvgIpc) is 3.13. The molecule has 0 aliphatic carbocycles. The first-order valence-electron chi connectivity index (χ1n) is 6.99. The Bertz CT molecular complexity index is 873. The van der Waals surface area contributed by atoms with Crippen LogP contribution in [0.3, 0.4) is 0 Å². The second kappa shape index (κ2) is 4.90. The number of nitrogens with zero attached hydrogens (tertiary/aromatic N) is 1. The first-order valence-corrected chi connectivity index (χ1v) is 7.80. The lowest BCUT2D eigenvalue weighted by molar-refractivity contribution is 0.875. The molecular weight excluding hydrogens is 278 g/mol. The zero-order valence-corrected chi connectivity index (χ0v) is 12.4. The van der Waals surface area contributed by atoms with Gasteiger partial charge in [-0.05, 0) is 43.3 Å². The fourth-order valence-corrected chi connectivity index (χ4v) is 3.50. The molecule has 0 spiro atoms. The summed E-state index contributed by atoms with van der Waals surface area (Å²) in [6, 6.07) is 16.9. The first-order chi connectivity index (χ1) is 10.3. The van der Waals surface area contributed by atoms with Crippen LogP contribution in [0.25, 0.3) is 21.1 Å². The van der Waals surface area contributed by atoms with Crippen LogP contribution in [0.5, 0.6) is 0 Å². The third kappa shape index (κ3) is 2.28. The van der Waals surface area contributed by atoms with Crippen LogP contribution in [-0.4, -0.2) is 9.97 Å². The van der Waals surface area contributed by atoms with Gasteiger partial charge in [0.05, 0.1) is 16.3 Å². The zero-order chi connectivity index (χ0) is 14.2. The highest BCUT2D eigenvalue weighted by atomic mass is 32.1. The van der Waals surface area contributed by atoms with Crippen molar-refractivity contribution in [3.63, 3.8) is 0 Å². The second-order valence-electron chi connectivity index (χ2n) is 5.17. The number of fused-ring (bicyclic) bond motifs is 2. The Labute approximate surface area is 126 Å². The summed E-state index contributed by atoms with van der Waals surface area (Å²) in [4.78, 5) is 7.92. The molecular formula is C17H15N3S. The van der Waals surface area contributed by atoms with Gasteiger partial charge in [0.15, 0.2) is 0 Å². The summed E-state index contributed by atoms with van der Waals surface area (Å²) in [7, 11) is 0. The SMILES string of the molecule is CC(Nc1ccc2[nH]ccc2c1)c1nc2ccccc2s1. The van der Waals surface area contributed by atoms with Gasteiger partial charge in [-0.1, -0.05) is 12.1 Å². The van der Waals surface area contributed by atoms with Crippen LogP contribution >= 0.6 is 11.3 Å². The van der Waals surface area contributed by atoms with Crippen molar-refractivity contribution in [1.29, 1.82) is 0 Å². The van der Waals surface area contributed by atoms with Gasteiger partial charge in [-0.25, -0.2) is 4.98 Å². The molecule has 4 aromatic rings. The van der Waals surface area contributed by atoms with Crippen LogP contribution in [0.2, 0.25) is 0 Å². The van der Waals surface area contributed by atoms with E-state index in [9.17, 15) is 0 Å². The summed E-state index contributed by atoms with van der Waals surface area (Å²) in [6.07, 6.45) is 1.96. The maximum absolute atomic E-state index is 4.71. The van der Waals surface area contributed by atoms with E-state index in [1.54, 1.807) is 11.3 Å². The molecule has 2 aromatic heterocycles. The Hall–Kier alpha value is -2.33. The van der Waals surface area contributed by atoms with Gasteiger partial charge in [0.25, 0.3) is 0 Å². The number of hydrogen-bond donors (Lipinski definition) is 2. The highest BCUT2D eigenvalue weighted by Crippen LogP contribution is 2.29. The molecule has 3 nitrogen and oxygen atoms in total. The number of para-hydroxylation sites is 1. The fraction of sp³-hybridized carbons (Fsp3) is 0.118. The number of H-pyrrole nitrogens is 1. The van der Waals surface area contributed by atoms with Crippen LogP contribution in [0.15, 0.2) is 54.7 Å². The molecule has 0 saturated heterocycles. The van der Waals surface area contributed by atoms with E-state index in [1.165, 1.54) is 10.1 Å². The molecule has 104 valence electrons. The lowest BCUT2D eigenvalue weighted by atomic mass is 10.2. The first kappa shape index (κ1) is 12.4. The van der Waals surface area contributed by atoms with Gasteiger partial charge in [0, 0.05) is 22.8 Å². The third-order valence-corrected chi connectivity index (χ3v) is 4.84. The predicted molar refractivity (Wildman–Crippen MR) is 90.0 cm³/mol. The van der Waals surface area contributed by atoms with Gasteiger partial charge in [-0.3, -0.25) is 0 Å². The summed E-state index contributed by atoms with van der Waals surface area (Å²) in [5.74, 6) is 0. The zero-order valence-electron chi connectivity index (χ0n) is 11.6. The van der Waals surface area contributed by atoms with Crippen molar-refractivity contribution in [1.82, 2.24) is 9.97 Å². The number of anilines is 1. The minimum absolute atomic E-state index is 0.193. The molecule has 0 aliphatic heterocycles. The third-order valence-electron chi connectivity index (χ3n) is 3.62. The normalized spacial score (nSPS) is 12.8. The minimum atomic E-state index is 0.193. The molecule has 0 fully saturated rings. The number of aromatic amines is 1. The van der Waals surface area contributed by atoms with Crippen LogP contribution in [0.1, 0.15) is 18.0 Å². The highest BCUT2D eigenvalue weighted by molar-refractivity contribution is 7.18. The second-order valence-corrected chi connectivity index (χ2v) is 6.23. The molecule has 4 heteroatoms. The van der Waals surface area contributed by atoms with E-state index in [1.807, 2.05) is 12.3 Å². The van der Waals surface area contributed by atoms with Gasteiger partial charge in [0.1, 0.15) is 5.01 Å². The van der Waals surface area contributed by atoms with Crippen molar-refractivity contribution in [2.24, 2.45) is 0 Å². The lowest BCUT2D eigenvalue weighted by Gasteiger charge is -2.12. The van der Waals surface area contributed by atoms with E-state index in [-0.39, 0.29) is 6.04 Å². The maximum atomic E-state index is 4.71. The van der Waals surface area contributed by atoms with E-state index in [0.29, 0.717) is 0 Å². The van der Waals surface area contributed by atoms with E-state index in [0.717, 1.165) is 21.7 Å². The van der Waals surface area contributed by atoms with Crippen molar-refractivity contribution in [2.75, 3.05) is 5.32 Å². The largest absolute Gasteiger partial charge is 0.376 e. The van der Waals surface area contributed by atoms with Gasteiger partial charge in [-0.15, -0.1) is 11.3 Å². The van der Waals surface area contributed by atoms with Crippen LogP contribution in [0, 0.1) is 0 Å². The van der Waals surface area contributed by atoms with E-state index < -0.39 is 0 Å². The van der Waals surface area contributed by atoms with Gasteiger partial charge in [-0.2, -0.15) is 0 Å². The van der Waals surface area contributed by atoms with Crippen molar-refractivity contribution < 1.29 is 0 Å². The van der Waals surface area contributed by atoms with Gasteiger partial charge >= 0.3 is 0 Å². The van der Waals surface area contributed by atoms with Crippen molar-refractivity contribution >= 4 is 38.1 Å². The number of benzene rings is 2. The molecule has 0 aliphatic rings. The number of thiazole rings is 1. The Morgan fingerprint density at radius 1 is 1.14 bits per heavy atom. The van der Waals surface area contributed by atoms with Crippen molar-refractivity contribution in [3.8, 4) is 0 Å². The standard InChI is InChI=1S/C17H15N3S/c1-11(17-20-15-4-2-3-5-16(15)21-17)19-13-6-7-14-12(10-13)8-9-18-14/h2-11,18-19H,1H3. The van der Waals surface area contributed by atoms with Crippen LogP contribution in [-0.2, 0) is 0 Å². The van der Waals surface area contributed by atoms with E-state index in [4.69, 9.17) is 4.98 Å². The Kier molecular flexibility index (Phi) is 2.89. The number of rotatable bonds is 3. The minimum Gasteiger partial charge on any atom is -0.376 e. The molecule has 2 aromatic carbocycles. The van der Waals surface area contributed by atoms with Gasteiger partial charge in [0.2, 0.25) is 0 Å². The Balaban J connectivity index is 1.63. The molecule has 2 heterocycles. The predicted octanol–water partition coefficient (Wildman–Crippen LogP) is 4.95. The van der Waals surface area contributed by atoms with Crippen LogP contribution < -0.4 is 5.32 Å². The molecule has 1 unspecified atom stereocenters. The smallest absolute Gasteiger partial charge is 0.116 e. The molecule has 0 radical (unpaired) electrons.